The standard InChI is InChI=1S/C20H24N4O3/c25-20(24-8-11-26-12-9-24)17-13-18(21-14-16-7-4-10-27-16)23-19(22-17)15-5-2-1-3-6-15/h1-3,5-6,13,16H,4,7-12,14H2,(H,21,22,23). The molecule has 7 nitrogen and oxygen atoms in total. The highest BCUT2D eigenvalue weighted by Gasteiger charge is 2.22. The van der Waals surface area contributed by atoms with Gasteiger partial charge in [-0.1, -0.05) is 30.3 Å². The number of carbonyl (C=O) groups is 1. The lowest BCUT2D eigenvalue weighted by molar-refractivity contribution is 0.0299. The third kappa shape index (κ3) is 4.43. The van der Waals surface area contributed by atoms with E-state index in [9.17, 15) is 4.79 Å². The van der Waals surface area contributed by atoms with E-state index in [0.717, 1.165) is 25.0 Å². The second kappa shape index (κ2) is 8.45. The summed E-state index contributed by atoms with van der Waals surface area (Å²) < 4.78 is 11.0. The predicted molar refractivity (Wildman–Crippen MR) is 102 cm³/mol. The minimum Gasteiger partial charge on any atom is -0.378 e. The normalized spacial score (nSPS) is 19.9. The molecule has 1 amide bonds. The molecule has 0 saturated carbocycles. The molecule has 2 aliphatic rings. The Kier molecular flexibility index (Phi) is 5.60. The van der Waals surface area contributed by atoms with Crippen molar-refractivity contribution >= 4 is 11.7 Å². The van der Waals surface area contributed by atoms with Gasteiger partial charge in [0.15, 0.2) is 5.82 Å². The maximum absolute atomic E-state index is 12.9. The van der Waals surface area contributed by atoms with Gasteiger partial charge < -0.3 is 19.7 Å². The van der Waals surface area contributed by atoms with Crippen LogP contribution in [0.5, 0.6) is 0 Å². The number of carbonyl (C=O) groups excluding carboxylic acids is 1. The van der Waals surface area contributed by atoms with E-state index >= 15 is 0 Å². The number of hydrogen-bond acceptors (Lipinski definition) is 6. The molecule has 1 unspecified atom stereocenters. The van der Waals surface area contributed by atoms with Gasteiger partial charge in [0.2, 0.25) is 0 Å². The molecule has 1 aromatic heterocycles. The van der Waals surface area contributed by atoms with Crippen molar-refractivity contribution in [2.45, 2.75) is 18.9 Å². The van der Waals surface area contributed by atoms with E-state index in [1.165, 1.54) is 0 Å². The smallest absolute Gasteiger partial charge is 0.272 e. The predicted octanol–water partition coefficient (Wildman–Crippen LogP) is 2.21. The van der Waals surface area contributed by atoms with Crippen LogP contribution in [0.15, 0.2) is 36.4 Å². The first-order valence-corrected chi connectivity index (χ1v) is 9.46. The van der Waals surface area contributed by atoms with Crippen molar-refractivity contribution in [3.8, 4) is 11.4 Å². The molecule has 1 N–H and O–H groups in total. The molecule has 2 aromatic rings. The van der Waals surface area contributed by atoms with Gasteiger partial charge in [-0.25, -0.2) is 9.97 Å². The van der Waals surface area contributed by atoms with E-state index in [1.54, 1.807) is 11.0 Å². The summed E-state index contributed by atoms with van der Waals surface area (Å²) in [4.78, 5) is 23.9. The number of hydrogen-bond donors (Lipinski definition) is 1. The van der Waals surface area contributed by atoms with Crippen molar-refractivity contribution < 1.29 is 14.3 Å². The molecule has 7 heteroatoms. The summed E-state index contributed by atoms with van der Waals surface area (Å²) in [6.07, 6.45) is 2.33. The van der Waals surface area contributed by atoms with E-state index in [1.807, 2.05) is 30.3 Å². The number of nitrogens with zero attached hydrogens (tertiary/aromatic N) is 3. The molecule has 4 rings (SSSR count). The highest BCUT2D eigenvalue weighted by atomic mass is 16.5. The van der Waals surface area contributed by atoms with Crippen LogP contribution in [0.25, 0.3) is 11.4 Å². The molecule has 27 heavy (non-hydrogen) atoms. The van der Waals surface area contributed by atoms with Crippen molar-refractivity contribution in [3.05, 3.63) is 42.1 Å². The number of morpholine rings is 1. The number of nitrogens with one attached hydrogen (secondary N) is 1. The van der Waals surface area contributed by atoms with Crippen LogP contribution < -0.4 is 5.32 Å². The second-order valence-electron chi connectivity index (χ2n) is 6.75. The van der Waals surface area contributed by atoms with Gasteiger partial charge in [0.05, 0.1) is 19.3 Å². The largest absolute Gasteiger partial charge is 0.378 e. The Hall–Kier alpha value is -2.51. The Morgan fingerprint density at radius 3 is 2.70 bits per heavy atom. The van der Waals surface area contributed by atoms with Crippen LogP contribution >= 0.6 is 0 Å². The number of amides is 1. The summed E-state index contributed by atoms with van der Waals surface area (Å²) in [5, 5.41) is 3.32. The molecule has 0 aliphatic carbocycles. The fourth-order valence-electron chi connectivity index (χ4n) is 3.32. The fourth-order valence-corrected chi connectivity index (χ4v) is 3.32. The number of rotatable bonds is 5. The fraction of sp³-hybridized carbons (Fsp3) is 0.450. The van der Waals surface area contributed by atoms with E-state index in [2.05, 4.69) is 15.3 Å². The second-order valence-corrected chi connectivity index (χ2v) is 6.75. The van der Waals surface area contributed by atoms with Crippen LogP contribution in [0.2, 0.25) is 0 Å². The zero-order valence-electron chi connectivity index (χ0n) is 15.3. The van der Waals surface area contributed by atoms with Crippen LogP contribution in [0.1, 0.15) is 23.3 Å². The minimum absolute atomic E-state index is 0.0851. The summed E-state index contributed by atoms with van der Waals surface area (Å²) in [5.74, 6) is 1.11. The van der Waals surface area contributed by atoms with Gasteiger partial charge in [0.1, 0.15) is 11.5 Å². The highest BCUT2D eigenvalue weighted by molar-refractivity contribution is 5.93. The number of anilines is 1. The van der Waals surface area contributed by atoms with Gasteiger partial charge in [-0.3, -0.25) is 4.79 Å². The number of ether oxygens (including phenoxy) is 2. The molecular formula is C20H24N4O3. The van der Waals surface area contributed by atoms with Gasteiger partial charge in [-0.2, -0.15) is 0 Å². The maximum atomic E-state index is 12.9. The Labute approximate surface area is 158 Å². The summed E-state index contributed by atoms with van der Waals surface area (Å²) in [7, 11) is 0. The highest BCUT2D eigenvalue weighted by Crippen LogP contribution is 2.20. The van der Waals surface area contributed by atoms with Crippen LogP contribution in [0.4, 0.5) is 5.82 Å². The van der Waals surface area contributed by atoms with Crippen LogP contribution in [-0.2, 0) is 9.47 Å². The van der Waals surface area contributed by atoms with E-state index in [-0.39, 0.29) is 12.0 Å². The minimum atomic E-state index is -0.0851. The molecule has 1 aromatic carbocycles. The Morgan fingerprint density at radius 2 is 1.96 bits per heavy atom. The lowest BCUT2D eigenvalue weighted by atomic mass is 10.2. The molecule has 0 radical (unpaired) electrons. The third-order valence-electron chi connectivity index (χ3n) is 4.81. The average Bonchev–Trinajstić information content (AvgIpc) is 3.26. The van der Waals surface area contributed by atoms with Gasteiger partial charge in [0, 0.05) is 37.9 Å². The van der Waals surface area contributed by atoms with Crippen molar-refractivity contribution in [3.63, 3.8) is 0 Å². The first kappa shape index (κ1) is 17.9. The van der Waals surface area contributed by atoms with Crippen molar-refractivity contribution in [1.29, 1.82) is 0 Å². The van der Waals surface area contributed by atoms with Crippen LogP contribution in [0.3, 0.4) is 0 Å². The molecule has 2 fully saturated rings. The molecular weight excluding hydrogens is 344 g/mol. The monoisotopic (exact) mass is 368 g/mol. The van der Waals surface area contributed by atoms with Gasteiger partial charge in [-0.05, 0) is 12.8 Å². The summed E-state index contributed by atoms with van der Waals surface area (Å²) in [6, 6.07) is 11.5. The number of benzene rings is 1. The molecule has 142 valence electrons. The SMILES string of the molecule is O=C(c1cc(NCC2CCCO2)nc(-c2ccccc2)n1)N1CCOCC1. The topological polar surface area (TPSA) is 76.6 Å². The Balaban J connectivity index is 1.60. The first-order valence-electron chi connectivity index (χ1n) is 9.46. The lowest BCUT2D eigenvalue weighted by Crippen LogP contribution is -2.41. The zero-order chi connectivity index (χ0) is 18.5. The average molecular weight is 368 g/mol. The number of aromatic nitrogens is 2. The van der Waals surface area contributed by atoms with Crippen molar-refractivity contribution in [1.82, 2.24) is 14.9 Å². The molecule has 1 atom stereocenters. The lowest BCUT2D eigenvalue weighted by Gasteiger charge is -2.26. The summed E-state index contributed by atoms with van der Waals surface area (Å²) in [5.41, 5.74) is 1.29. The van der Waals surface area contributed by atoms with E-state index in [0.29, 0.717) is 50.2 Å². The Bertz CT molecular complexity index is 772. The molecule has 0 spiro atoms. The molecule has 0 bridgehead atoms. The van der Waals surface area contributed by atoms with E-state index < -0.39 is 0 Å². The zero-order valence-corrected chi connectivity index (χ0v) is 15.3. The first-order chi connectivity index (χ1) is 13.3. The van der Waals surface area contributed by atoms with Gasteiger partial charge in [0.25, 0.3) is 5.91 Å². The molecule has 2 aliphatic heterocycles. The quantitative estimate of drug-likeness (QED) is 0.872. The van der Waals surface area contributed by atoms with Crippen molar-refractivity contribution in [2.24, 2.45) is 0 Å². The van der Waals surface area contributed by atoms with Crippen LogP contribution in [-0.4, -0.2) is 66.3 Å². The van der Waals surface area contributed by atoms with E-state index in [4.69, 9.17) is 9.47 Å². The summed E-state index contributed by atoms with van der Waals surface area (Å²) >= 11 is 0. The molecule has 2 saturated heterocycles. The molecule has 3 heterocycles. The van der Waals surface area contributed by atoms with Gasteiger partial charge in [-0.15, -0.1) is 0 Å². The maximum Gasteiger partial charge on any atom is 0.272 e. The van der Waals surface area contributed by atoms with Gasteiger partial charge >= 0.3 is 0 Å². The van der Waals surface area contributed by atoms with Crippen molar-refractivity contribution in [2.75, 3.05) is 44.8 Å². The summed E-state index contributed by atoms with van der Waals surface area (Å²) in [6.45, 7) is 3.78. The van der Waals surface area contributed by atoms with Crippen LogP contribution in [0, 0.1) is 0 Å². The third-order valence-corrected chi connectivity index (χ3v) is 4.81. The Morgan fingerprint density at radius 1 is 1.15 bits per heavy atom.